The molecular weight excluding hydrogens is 238 g/mol. The van der Waals surface area contributed by atoms with Crippen molar-refractivity contribution < 1.29 is 4.74 Å². The Balaban J connectivity index is 1.83. The van der Waals surface area contributed by atoms with Crippen LogP contribution in [-0.2, 0) is 24.4 Å². The minimum atomic E-state index is 0.294. The van der Waals surface area contributed by atoms with Crippen molar-refractivity contribution in [3.05, 3.63) is 53.1 Å². The molecule has 0 aliphatic carbocycles. The van der Waals surface area contributed by atoms with Gasteiger partial charge in [-0.3, -0.25) is 0 Å². The Morgan fingerprint density at radius 2 is 2.26 bits per heavy atom. The van der Waals surface area contributed by atoms with Crippen LogP contribution in [0.25, 0.3) is 0 Å². The van der Waals surface area contributed by atoms with Gasteiger partial charge in [0, 0.05) is 24.9 Å². The molecule has 1 aliphatic rings. The standard InChI is InChI=1S/C15H19N3O/c1-2-16-14(8-15-17-5-6-18-15)11-3-4-12-9-19-10-13(12)7-11/h3-7,14,16H,2,8-10H2,1H3,(H,17,18). The lowest BCUT2D eigenvalue weighted by molar-refractivity contribution is 0.134. The van der Waals surface area contributed by atoms with Gasteiger partial charge in [0.2, 0.25) is 0 Å². The Kier molecular flexibility index (Phi) is 3.62. The van der Waals surface area contributed by atoms with Crippen molar-refractivity contribution in [2.24, 2.45) is 0 Å². The number of benzene rings is 1. The molecule has 0 bridgehead atoms. The Morgan fingerprint density at radius 1 is 1.37 bits per heavy atom. The summed E-state index contributed by atoms with van der Waals surface area (Å²) in [7, 11) is 0. The number of nitrogens with zero attached hydrogens (tertiary/aromatic N) is 1. The molecule has 1 aromatic carbocycles. The van der Waals surface area contributed by atoms with Gasteiger partial charge in [-0.1, -0.05) is 25.1 Å². The fourth-order valence-corrected chi connectivity index (χ4v) is 2.57. The van der Waals surface area contributed by atoms with Gasteiger partial charge in [-0.25, -0.2) is 4.98 Å². The summed E-state index contributed by atoms with van der Waals surface area (Å²) in [6.45, 7) is 4.56. The summed E-state index contributed by atoms with van der Waals surface area (Å²) < 4.78 is 5.48. The SMILES string of the molecule is CCNC(Cc1ncc[nH]1)c1ccc2c(c1)COC2. The largest absolute Gasteiger partial charge is 0.372 e. The highest BCUT2D eigenvalue weighted by Crippen LogP contribution is 2.25. The molecule has 19 heavy (non-hydrogen) atoms. The normalized spacial score (nSPS) is 15.4. The molecule has 0 radical (unpaired) electrons. The predicted octanol–water partition coefficient (Wildman–Crippen LogP) is 2.33. The maximum Gasteiger partial charge on any atom is 0.107 e. The van der Waals surface area contributed by atoms with Crippen molar-refractivity contribution in [3.63, 3.8) is 0 Å². The van der Waals surface area contributed by atoms with Crippen molar-refractivity contribution in [1.29, 1.82) is 0 Å². The average Bonchev–Trinajstić information content (AvgIpc) is 3.08. The van der Waals surface area contributed by atoms with Crippen LogP contribution in [0.3, 0.4) is 0 Å². The fraction of sp³-hybridized carbons (Fsp3) is 0.400. The van der Waals surface area contributed by atoms with Crippen LogP contribution in [0, 0.1) is 0 Å². The molecule has 1 atom stereocenters. The molecular formula is C15H19N3O. The number of likely N-dealkylation sites (N-methyl/N-ethyl adjacent to an activating group) is 1. The first-order valence-corrected chi connectivity index (χ1v) is 6.78. The van der Waals surface area contributed by atoms with E-state index in [0.717, 1.165) is 32.0 Å². The second-order valence-corrected chi connectivity index (χ2v) is 4.87. The molecule has 100 valence electrons. The first-order valence-electron chi connectivity index (χ1n) is 6.78. The van der Waals surface area contributed by atoms with Crippen LogP contribution in [0.15, 0.2) is 30.6 Å². The molecule has 2 N–H and O–H groups in total. The van der Waals surface area contributed by atoms with E-state index in [-0.39, 0.29) is 0 Å². The molecule has 2 aromatic rings. The highest BCUT2D eigenvalue weighted by atomic mass is 16.5. The molecule has 1 aromatic heterocycles. The molecule has 1 aliphatic heterocycles. The van der Waals surface area contributed by atoms with Crippen LogP contribution < -0.4 is 5.32 Å². The van der Waals surface area contributed by atoms with Gasteiger partial charge in [-0.2, -0.15) is 0 Å². The van der Waals surface area contributed by atoms with Crippen LogP contribution in [0.1, 0.15) is 35.5 Å². The third-order valence-corrected chi connectivity index (χ3v) is 3.55. The van der Waals surface area contributed by atoms with Crippen LogP contribution in [0.4, 0.5) is 0 Å². The molecule has 4 heteroatoms. The fourth-order valence-electron chi connectivity index (χ4n) is 2.57. The molecule has 0 amide bonds. The van der Waals surface area contributed by atoms with Gasteiger partial charge in [0.15, 0.2) is 0 Å². The zero-order valence-electron chi connectivity index (χ0n) is 11.1. The van der Waals surface area contributed by atoms with Crippen molar-refractivity contribution >= 4 is 0 Å². The third kappa shape index (κ3) is 2.69. The van der Waals surface area contributed by atoms with Crippen molar-refractivity contribution in [3.8, 4) is 0 Å². The van der Waals surface area contributed by atoms with Crippen LogP contribution in [0.5, 0.6) is 0 Å². The molecule has 1 unspecified atom stereocenters. The first kappa shape index (κ1) is 12.4. The zero-order valence-corrected chi connectivity index (χ0v) is 11.1. The summed E-state index contributed by atoms with van der Waals surface area (Å²) in [5.41, 5.74) is 3.94. The van der Waals surface area contributed by atoms with E-state index in [0.29, 0.717) is 6.04 Å². The molecule has 0 fully saturated rings. The van der Waals surface area contributed by atoms with E-state index in [2.05, 4.69) is 40.4 Å². The Bertz CT molecular complexity index is 536. The van der Waals surface area contributed by atoms with Gasteiger partial charge >= 0.3 is 0 Å². The monoisotopic (exact) mass is 257 g/mol. The Labute approximate surface area is 113 Å². The Hall–Kier alpha value is -1.65. The van der Waals surface area contributed by atoms with E-state index in [1.807, 2.05) is 6.20 Å². The van der Waals surface area contributed by atoms with Gasteiger partial charge in [-0.15, -0.1) is 0 Å². The minimum absolute atomic E-state index is 0.294. The summed E-state index contributed by atoms with van der Waals surface area (Å²) in [5.74, 6) is 1.02. The summed E-state index contributed by atoms with van der Waals surface area (Å²) in [5, 5.41) is 3.53. The van der Waals surface area contributed by atoms with E-state index >= 15 is 0 Å². The number of hydrogen-bond donors (Lipinski definition) is 2. The highest BCUT2D eigenvalue weighted by Gasteiger charge is 2.17. The number of aromatic amines is 1. The summed E-state index contributed by atoms with van der Waals surface area (Å²) in [6, 6.07) is 6.94. The van der Waals surface area contributed by atoms with Crippen molar-refractivity contribution in [1.82, 2.24) is 15.3 Å². The number of ether oxygens (including phenoxy) is 1. The lowest BCUT2D eigenvalue weighted by Gasteiger charge is -2.18. The van der Waals surface area contributed by atoms with Crippen LogP contribution >= 0.6 is 0 Å². The first-order chi connectivity index (χ1) is 9.36. The third-order valence-electron chi connectivity index (χ3n) is 3.55. The number of hydrogen-bond acceptors (Lipinski definition) is 3. The minimum Gasteiger partial charge on any atom is -0.372 e. The van der Waals surface area contributed by atoms with E-state index in [1.165, 1.54) is 16.7 Å². The Morgan fingerprint density at radius 3 is 3.05 bits per heavy atom. The number of aromatic nitrogens is 2. The smallest absolute Gasteiger partial charge is 0.107 e. The average molecular weight is 257 g/mol. The molecule has 4 nitrogen and oxygen atoms in total. The zero-order chi connectivity index (χ0) is 13.1. The second-order valence-electron chi connectivity index (χ2n) is 4.87. The molecule has 0 spiro atoms. The molecule has 0 saturated carbocycles. The van der Waals surface area contributed by atoms with E-state index in [9.17, 15) is 0 Å². The van der Waals surface area contributed by atoms with Crippen LogP contribution in [-0.4, -0.2) is 16.5 Å². The quantitative estimate of drug-likeness (QED) is 0.864. The van der Waals surface area contributed by atoms with Gasteiger partial charge in [0.1, 0.15) is 5.82 Å². The van der Waals surface area contributed by atoms with E-state index in [1.54, 1.807) is 6.20 Å². The second kappa shape index (κ2) is 5.55. The lowest BCUT2D eigenvalue weighted by atomic mass is 9.99. The van der Waals surface area contributed by atoms with Crippen molar-refractivity contribution in [2.45, 2.75) is 32.6 Å². The summed E-state index contributed by atoms with van der Waals surface area (Å²) in [6.07, 6.45) is 4.55. The number of H-pyrrole nitrogens is 1. The van der Waals surface area contributed by atoms with E-state index < -0.39 is 0 Å². The van der Waals surface area contributed by atoms with Crippen LogP contribution in [0.2, 0.25) is 0 Å². The van der Waals surface area contributed by atoms with Gasteiger partial charge in [0.05, 0.1) is 13.2 Å². The number of nitrogens with one attached hydrogen (secondary N) is 2. The van der Waals surface area contributed by atoms with Gasteiger partial charge in [0.25, 0.3) is 0 Å². The topological polar surface area (TPSA) is 49.9 Å². The lowest BCUT2D eigenvalue weighted by Crippen LogP contribution is -2.23. The molecule has 0 saturated heterocycles. The van der Waals surface area contributed by atoms with Crippen molar-refractivity contribution in [2.75, 3.05) is 6.54 Å². The van der Waals surface area contributed by atoms with E-state index in [4.69, 9.17) is 4.74 Å². The maximum atomic E-state index is 5.48. The highest BCUT2D eigenvalue weighted by molar-refractivity contribution is 5.35. The van der Waals surface area contributed by atoms with Gasteiger partial charge < -0.3 is 15.0 Å². The predicted molar refractivity (Wildman–Crippen MR) is 73.6 cm³/mol. The molecule has 3 rings (SSSR count). The van der Waals surface area contributed by atoms with Gasteiger partial charge in [-0.05, 0) is 23.2 Å². The summed E-state index contributed by atoms with van der Waals surface area (Å²) >= 11 is 0. The molecule has 2 heterocycles. The maximum absolute atomic E-state index is 5.48. The summed E-state index contributed by atoms with van der Waals surface area (Å²) in [4.78, 5) is 7.49. The number of fused-ring (bicyclic) bond motifs is 1. The number of rotatable bonds is 5. The number of imidazole rings is 1.